The third-order valence-electron chi connectivity index (χ3n) is 6.02. The second-order valence-corrected chi connectivity index (χ2v) is 10.2. The number of carbonyl (C=O) groups is 1. The number of carbonyl (C=O) groups excluding carboxylic acids is 1. The van der Waals surface area contributed by atoms with Gasteiger partial charge in [-0.05, 0) is 42.0 Å². The summed E-state index contributed by atoms with van der Waals surface area (Å²) in [5.74, 6) is 0.545. The second kappa shape index (κ2) is 12.7. The Bertz CT molecular complexity index is 1250. The molecule has 0 saturated carbocycles. The molecule has 0 radical (unpaired) electrons. The summed E-state index contributed by atoms with van der Waals surface area (Å²) in [6.07, 6.45) is -0.00786. The lowest BCUT2D eigenvalue weighted by molar-refractivity contribution is -0.129. The third-order valence-corrected chi connectivity index (χ3v) is 7.51. The highest BCUT2D eigenvalue weighted by Crippen LogP contribution is 2.45. The van der Waals surface area contributed by atoms with Crippen LogP contribution in [0.15, 0.2) is 86.7 Å². The van der Waals surface area contributed by atoms with Gasteiger partial charge in [-0.1, -0.05) is 68.3 Å². The average molecular weight is 634 g/mol. The number of aliphatic imine (C=N–C) groups is 1. The molecule has 1 heterocycles. The lowest BCUT2D eigenvalue weighted by atomic mass is 9.82. The highest BCUT2D eigenvalue weighted by Gasteiger charge is 2.53. The third kappa shape index (κ3) is 6.22. The first-order valence-electron chi connectivity index (χ1n) is 11.9. The van der Waals surface area contributed by atoms with Gasteiger partial charge in [-0.25, -0.2) is 9.38 Å². The number of halogens is 3. The number of aliphatic hydroxyl groups is 1. The van der Waals surface area contributed by atoms with Crippen molar-refractivity contribution in [2.45, 2.75) is 24.5 Å². The first-order valence-corrected chi connectivity index (χ1v) is 13.5. The smallest absolute Gasteiger partial charge is 0.252 e. The van der Waals surface area contributed by atoms with Crippen molar-refractivity contribution in [2.24, 2.45) is 4.99 Å². The first kappa shape index (κ1) is 27.3. The van der Waals surface area contributed by atoms with Crippen LogP contribution >= 0.6 is 31.9 Å². The molecular weight excluding hydrogens is 607 g/mol. The highest BCUT2D eigenvalue weighted by atomic mass is 79.9. The van der Waals surface area contributed by atoms with Crippen LogP contribution in [0.5, 0.6) is 5.75 Å². The predicted octanol–water partition coefficient (Wildman–Crippen LogP) is 5.56. The van der Waals surface area contributed by atoms with Gasteiger partial charge in [-0.3, -0.25) is 4.79 Å². The fourth-order valence-corrected chi connectivity index (χ4v) is 5.11. The molecule has 3 aromatic rings. The molecule has 6 nitrogen and oxygen atoms in total. The van der Waals surface area contributed by atoms with Crippen molar-refractivity contribution in [3.63, 3.8) is 0 Å². The van der Waals surface area contributed by atoms with E-state index in [0.29, 0.717) is 30.2 Å². The van der Waals surface area contributed by atoms with Gasteiger partial charge >= 0.3 is 0 Å². The Morgan fingerprint density at radius 3 is 2.43 bits per heavy atom. The molecule has 2 N–H and O–H groups in total. The van der Waals surface area contributed by atoms with E-state index < -0.39 is 24.2 Å². The molecule has 194 valence electrons. The Kier molecular flexibility index (Phi) is 9.34. The van der Waals surface area contributed by atoms with E-state index >= 15 is 0 Å². The zero-order valence-corrected chi connectivity index (χ0v) is 23.2. The summed E-state index contributed by atoms with van der Waals surface area (Å²) >= 11 is 7.20. The molecule has 9 heteroatoms. The molecule has 1 aliphatic heterocycles. The summed E-state index contributed by atoms with van der Waals surface area (Å²) < 4.78 is 26.8. The normalized spacial score (nSPS) is 18.7. The molecule has 2 atom stereocenters. The van der Waals surface area contributed by atoms with E-state index in [0.717, 1.165) is 20.1 Å². The van der Waals surface area contributed by atoms with Gasteiger partial charge in [-0.15, -0.1) is 0 Å². The van der Waals surface area contributed by atoms with Crippen molar-refractivity contribution < 1.29 is 23.8 Å². The van der Waals surface area contributed by atoms with Crippen LogP contribution in [0.2, 0.25) is 0 Å². The zero-order valence-electron chi connectivity index (χ0n) is 20.0. The monoisotopic (exact) mass is 632 g/mol. The van der Waals surface area contributed by atoms with Gasteiger partial charge in [0.1, 0.15) is 12.4 Å². The quantitative estimate of drug-likeness (QED) is 0.271. The van der Waals surface area contributed by atoms with Crippen LogP contribution in [-0.4, -0.2) is 48.9 Å². The van der Waals surface area contributed by atoms with E-state index in [2.05, 4.69) is 37.2 Å². The van der Waals surface area contributed by atoms with Gasteiger partial charge < -0.3 is 19.9 Å². The minimum Gasteiger partial charge on any atom is -0.494 e. The minimum atomic E-state index is -1.39. The number of hydrogen-bond acceptors (Lipinski definition) is 5. The van der Waals surface area contributed by atoms with E-state index in [-0.39, 0.29) is 19.6 Å². The van der Waals surface area contributed by atoms with Crippen LogP contribution in [0.25, 0.3) is 0 Å². The minimum absolute atomic E-state index is 0.0588. The molecule has 3 aromatic carbocycles. The highest BCUT2D eigenvalue weighted by molar-refractivity contribution is 9.10. The Balaban J connectivity index is 1.79. The zero-order chi connectivity index (χ0) is 26.3. The van der Waals surface area contributed by atoms with Crippen LogP contribution in [0.3, 0.4) is 0 Å². The molecule has 4 rings (SSSR count). The maximum atomic E-state index is 13.8. The van der Waals surface area contributed by atoms with Gasteiger partial charge in [0.15, 0.2) is 11.6 Å². The van der Waals surface area contributed by atoms with Crippen LogP contribution in [-0.2, 0) is 16.0 Å². The Hall–Kier alpha value is -2.75. The number of hydrogen-bond donors (Lipinski definition) is 2. The lowest BCUT2D eigenvalue weighted by Crippen LogP contribution is -2.50. The van der Waals surface area contributed by atoms with Crippen molar-refractivity contribution in [3.8, 4) is 5.75 Å². The number of alkyl halides is 1. The molecule has 1 aliphatic rings. The second-order valence-electron chi connectivity index (χ2n) is 8.52. The van der Waals surface area contributed by atoms with Gasteiger partial charge in [-0.2, -0.15) is 0 Å². The molecule has 37 heavy (non-hydrogen) atoms. The van der Waals surface area contributed by atoms with E-state index in [1.54, 1.807) is 12.1 Å². The maximum Gasteiger partial charge on any atom is 0.252 e. The molecular formula is C28H27Br2FN2O4. The number of amides is 1. The maximum absolute atomic E-state index is 13.8. The average Bonchev–Trinajstić information content (AvgIpc) is 3.29. The van der Waals surface area contributed by atoms with Crippen LogP contribution in [0.4, 0.5) is 4.39 Å². The summed E-state index contributed by atoms with van der Waals surface area (Å²) in [7, 11) is 0. The molecule has 0 saturated heterocycles. The lowest BCUT2D eigenvalue weighted by Gasteiger charge is -2.31. The summed E-state index contributed by atoms with van der Waals surface area (Å²) in [6, 6.07) is 22.4. The van der Waals surface area contributed by atoms with E-state index in [1.165, 1.54) is 0 Å². The summed E-state index contributed by atoms with van der Waals surface area (Å²) in [4.78, 5) is 18.7. The summed E-state index contributed by atoms with van der Waals surface area (Å²) in [5, 5.41) is 11.7. The molecule has 0 spiro atoms. The number of nitrogens with zero attached hydrogens (tertiary/aromatic N) is 1. The van der Waals surface area contributed by atoms with Crippen molar-refractivity contribution in [3.05, 3.63) is 98.4 Å². The van der Waals surface area contributed by atoms with Crippen molar-refractivity contribution in [2.75, 3.05) is 26.4 Å². The van der Waals surface area contributed by atoms with E-state index in [1.807, 2.05) is 60.7 Å². The fourth-order valence-electron chi connectivity index (χ4n) is 4.19. The van der Waals surface area contributed by atoms with Crippen molar-refractivity contribution in [1.82, 2.24) is 5.32 Å². The molecule has 0 aromatic heterocycles. The van der Waals surface area contributed by atoms with Gasteiger partial charge in [0.25, 0.3) is 5.91 Å². The molecule has 0 bridgehead atoms. The van der Waals surface area contributed by atoms with Crippen LogP contribution in [0.1, 0.15) is 29.2 Å². The number of ether oxygens (including phenoxy) is 2. The topological polar surface area (TPSA) is 80.2 Å². The fraction of sp³-hybridized carbons (Fsp3) is 0.286. The predicted molar refractivity (Wildman–Crippen MR) is 148 cm³/mol. The van der Waals surface area contributed by atoms with Gasteiger partial charge in [0.05, 0.1) is 6.61 Å². The van der Waals surface area contributed by atoms with Gasteiger partial charge in [0, 0.05) is 46.1 Å². The number of nitrogens with one attached hydrogen (secondary N) is 1. The Morgan fingerprint density at radius 2 is 1.76 bits per heavy atom. The largest absolute Gasteiger partial charge is 0.494 e. The number of rotatable bonds is 11. The summed E-state index contributed by atoms with van der Waals surface area (Å²) in [6.45, 7) is -0.347. The molecule has 0 fully saturated rings. The van der Waals surface area contributed by atoms with E-state index in [4.69, 9.17) is 19.6 Å². The standard InChI is InChI=1S/C28H27Br2FN2O4/c29-23-8-3-1-6-20(23)18-28(27(35)32-15-14-31)25(22-7-2-4-9-24(22)30)37-26(33-28)19-10-12-21(13-11-19)36-17-5-16-34/h1-4,6-13,25,34H,5,14-18H2,(H,32,35)/t25-,28-/m1/s1. The van der Waals surface area contributed by atoms with Crippen molar-refractivity contribution >= 4 is 43.7 Å². The van der Waals surface area contributed by atoms with Crippen molar-refractivity contribution in [1.29, 1.82) is 0 Å². The Labute approximate surface area is 232 Å². The first-order chi connectivity index (χ1) is 18.0. The van der Waals surface area contributed by atoms with Crippen LogP contribution < -0.4 is 10.1 Å². The number of benzene rings is 3. The molecule has 0 aliphatic carbocycles. The van der Waals surface area contributed by atoms with Crippen LogP contribution in [0, 0.1) is 0 Å². The number of aliphatic hydroxyl groups excluding tert-OH is 1. The SMILES string of the molecule is O=C(NCCF)[C@]1(Cc2ccccc2Br)N=C(c2ccc(OCCCO)cc2)O[C@@H]1c1ccccc1Br. The Morgan fingerprint density at radius 1 is 1.05 bits per heavy atom. The molecule has 1 amide bonds. The molecule has 0 unspecified atom stereocenters. The van der Waals surface area contributed by atoms with Gasteiger partial charge in [0.2, 0.25) is 5.90 Å². The summed E-state index contributed by atoms with van der Waals surface area (Å²) in [5.41, 5.74) is 0.914. The van der Waals surface area contributed by atoms with E-state index in [9.17, 15) is 9.18 Å².